The summed E-state index contributed by atoms with van der Waals surface area (Å²) < 4.78 is 0. The molecule has 0 rings (SSSR count). The molecule has 0 saturated heterocycles. The topological polar surface area (TPSA) is 58.6 Å². The quantitative estimate of drug-likeness (QED) is 0.493. The van der Waals surface area contributed by atoms with Crippen LogP contribution in [0.15, 0.2) is 0 Å². The fourth-order valence-electron chi connectivity index (χ4n) is 0.134. The van der Waals surface area contributed by atoms with Gasteiger partial charge < -0.3 is 5.11 Å². The van der Waals surface area contributed by atoms with E-state index in [2.05, 4.69) is 4.84 Å². The van der Waals surface area contributed by atoms with Crippen molar-refractivity contribution in [2.45, 2.75) is 6.92 Å². The fourth-order valence-corrected chi connectivity index (χ4v) is 0.134. The number of hydrogen-bond acceptors (Lipinski definition) is 2. The minimum absolute atomic E-state index is 0.353. The van der Waals surface area contributed by atoms with E-state index >= 15 is 0 Å². The average molecular weight is 105 g/mol. The SMILES string of the molecule is CCONC(=O)O. The lowest BCUT2D eigenvalue weighted by molar-refractivity contribution is 0.0502. The van der Waals surface area contributed by atoms with Crippen molar-refractivity contribution >= 4 is 6.09 Å². The highest BCUT2D eigenvalue weighted by Gasteiger charge is 1.86. The summed E-state index contributed by atoms with van der Waals surface area (Å²) in [6.45, 7) is 2.04. The van der Waals surface area contributed by atoms with Crippen LogP contribution in [0.25, 0.3) is 0 Å². The number of amides is 1. The highest BCUT2D eigenvalue weighted by atomic mass is 16.7. The van der Waals surface area contributed by atoms with E-state index in [0.29, 0.717) is 6.61 Å². The third-order valence-corrected chi connectivity index (χ3v) is 0.304. The summed E-state index contributed by atoms with van der Waals surface area (Å²) in [7, 11) is 0. The molecule has 0 saturated carbocycles. The van der Waals surface area contributed by atoms with Gasteiger partial charge in [0.05, 0.1) is 6.61 Å². The number of nitrogens with one attached hydrogen (secondary N) is 1. The maximum atomic E-state index is 9.52. The molecule has 0 aromatic rings. The Labute approximate surface area is 41.0 Å². The fraction of sp³-hybridized carbons (Fsp3) is 0.667. The first-order valence-corrected chi connectivity index (χ1v) is 1.88. The number of carbonyl (C=O) groups is 1. The molecule has 0 atom stereocenters. The monoisotopic (exact) mass is 105 g/mol. The molecule has 0 spiro atoms. The largest absolute Gasteiger partial charge is 0.464 e. The number of hydrogen-bond donors (Lipinski definition) is 2. The van der Waals surface area contributed by atoms with Crippen molar-refractivity contribution in [3.05, 3.63) is 0 Å². The molecule has 0 radical (unpaired) electrons. The summed E-state index contributed by atoms with van der Waals surface area (Å²) >= 11 is 0. The summed E-state index contributed by atoms with van der Waals surface area (Å²) in [5, 5.41) is 7.81. The van der Waals surface area contributed by atoms with E-state index < -0.39 is 6.09 Å². The van der Waals surface area contributed by atoms with E-state index in [4.69, 9.17) is 5.11 Å². The van der Waals surface area contributed by atoms with Gasteiger partial charge in [-0.2, -0.15) is 5.48 Å². The molecule has 0 bridgehead atoms. The van der Waals surface area contributed by atoms with E-state index in [-0.39, 0.29) is 0 Å². The maximum absolute atomic E-state index is 9.52. The lowest BCUT2D eigenvalue weighted by atomic mass is 10.9. The van der Waals surface area contributed by atoms with Gasteiger partial charge in [-0.25, -0.2) is 4.79 Å². The van der Waals surface area contributed by atoms with Gasteiger partial charge in [0.25, 0.3) is 0 Å². The Hall–Kier alpha value is -0.770. The molecule has 0 aliphatic rings. The average Bonchev–Trinajstić information content (AvgIpc) is 1.61. The molecule has 0 fully saturated rings. The van der Waals surface area contributed by atoms with Crippen molar-refractivity contribution in [3.8, 4) is 0 Å². The second kappa shape index (κ2) is 3.42. The van der Waals surface area contributed by atoms with Gasteiger partial charge in [0.1, 0.15) is 0 Å². The van der Waals surface area contributed by atoms with Crippen molar-refractivity contribution in [2.24, 2.45) is 0 Å². The van der Waals surface area contributed by atoms with Crippen LogP contribution in [0.1, 0.15) is 6.92 Å². The van der Waals surface area contributed by atoms with Crippen LogP contribution in [0.4, 0.5) is 4.79 Å². The Balaban J connectivity index is 2.82. The van der Waals surface area contributed by atoms with Gasteiger partial charge in [-0.1, -0.05) is 0 Å². The van der Waals surface area contributed by atoms with E-state index in [1.165, 1.54) is 0 Å². The standard InChI is InChI=1S/C3H7NO3/c1-2-7-4-3(5)6/h4H,2H2,1H3,(H,5,6). The molecule has 42 valence electrons. The molecule has 7 heavy (non-hydrogen) atoms. The van der Waals surface area contributed by atoms with Crippen molar-refractivity contribution in [2.75, 3.05) is 6.61 Å². The van der Waals surface area contributed by atoms with Crippen molar-refractivity contribution < 1.29 is 14.7 Å². The van der Waals surface area contributed by atoms with Crippen LogP contribution < -0.4 is 5.48 Å². The zero-order valence-corrected chi connectivity index (χ0v) is 3.97. The van der Waals surface area contributed by atoms with E-state index in [1.54, 1.807) is 12.4 Å². The number of carboxylic acid groups (broad SMARTS) is 1. The maximum Gasteiger partial charge on any atom is 0.428 e. The van der Waals surface area contributed by atoms with E-state index in [0.717, 1.165) is 0 Å². The van der Waals surface area contributed by atoms with Gasteiger partial charge in [-0.15, -0.1) is 0 Å². The van der Waals surface area contributed by atoms with E-state index in [1.807, 2.05) is 0 Å². The Morgan fingerprint density at radius 3 is 2.71 bits per heavy atom. The van der Waals surface area contributed by atoms with Gasteiger partial charge in [-0.3, -0.25) is 4.84 Å². The van der Waals surface area contributed by atoms with E-state index in [9.17, 15) is 4.79 Å². The first-order valence-electron chi connectivity index (χ1n) is 1.88. The molecule has 0 aromatic carbocycles. The lowest BCUT2D eigenvalue weighted by Gasteiger charge is -1.93. The van der Waals surface area contributed by atoms with Crippen molar-refractivity contribution in [1.29, 1.82) is 0 Å². The van der Waals surface area contributed by atoms with Crippen LogP contribution in [-0.4, -0.2) is 17.8 Å². The van der Waals surface area contributed by atoms with Gasteiger partial charge in [0.2, 0.25) is 0 Å². The van der Waals surface area contributed by atoms with Crippen LogP contribution in [0.5, 0.6) is 0 Å². The van der Waals surface area contributed by atoms with Crippen LogP contribution in [0.3, 0.4) is 0 Å². The molecule has 0 heterocycles. The normalized spacial score (nSPS) is 8.14. The van der Waals surface area contributed by atoms with Crippen LogP contribution >= 0.6 is 0 Å². The number of rotatable bonds is 2. The Morgan fingerprint density at radius 1 is 2.00 bits per heavy atom. The Kier molecular flexibility index (Phi) is 3.04. The first kappa shape index (κ1) is 6.23. The molecule has 4 heteroatoms. The molecule has 4 nitrogen and oxygen atoms in total. The third-order valence-electron chi connectivity index (χ3n) is 0.304. The Bertz CT molecular complexity index is 63.2. The highest BCUT2D eigenvalue weighted by molar-refractivity contribution is 5.62. The van der Waals surface area contributed by atoms with Gasteiger partial charge in [0.15, 0.2) is 0 Å². The Morgan fingerprint density at radius 2 is 2.57 bits per heavy atom. The zero-order chi connectivity index (χ0) is 5.70. The molecule has 1 amide bonds. The molecule has 0 aromatic heterocycles. The second-order valence-corrected chi connectivity index (χ2v) is 0.840. The highest BCUT2D eigenvalue weighted by Crippen LogP contribution is 1.62. The van der Waals surface area contributed by atoms with Crippen LogP contribution in [0, 0.1) is 0 Å². The summed E-state index contributed by atoms with van der Waals surface area (Å²) in [4.78, 5) is 13.8. The predicted octanol–water partition coefficient (Wildman–Crippen LogP) is 0.206. The predicted molar refractivity (Wildman–Crippen MR) is 22.8 cm³/mol. The van der Waals surface area contributed by atoms with Crippen LogP contribution in [0.2, 0.25) is 0 Å². The van der Waals surface area contributed by atoms with Gasteiger partial charge >= 0.3 is 6.09 Å². The first-order chi connectivity index (χ1) is 3.27. The lowest BCUT2D eigenvalue weighted by Crippen LogP contribution is -2.20. The summed E-state index contributed by atoms with van der Waals surface area (Å²) in [5.74, 6) is 0. The zero-order valence-electron chi connectivity index (χ0n) is 3.97. The van der Waals surface area contributed by atoms with Gasteiger partial charge in [-0.05, 0) is 6.92 Å². The van der Waals surface area contributed by atoms with Crippen LogP contribution in [-0.2, 0) is 4.84 Å². The third kappa shape index (κ3) is 5.23. The van der Waals surface area contributed by atoms with Gasteiger partial charge in [0, 0.05) is 0 Å². The smallest absolute Gasteiger partial charge is 0.428 e. The minimum atomic E-state index is -1.16. The van der Waals surface area contributed by atoms with Crippen molar-refractivity contribution in [1.82, 2.24) is 5.48 Å². The summed E-state index contributed by atoms with van der Waals surface area (Å²) in [6, 6.07) is 0. The minimum Gasteiger partial charge on any atom is -0.464 e. The molecule has 0 unspecified atom stereocenters. The molecular weight excluding hydrogens is 98.0 g/mol. The molecule has 0 aliphatic heterocycles. The second-order valence-electron chi connectivity index (χ2n) is 0.840. The molecule has 2 N–H and O–H groups in total. The summed E-state index contributed by atoms with van der Waals surface area (Å²) in [5.41, 5.74) is 1.71. The van der Waals surface area contributed by atoms with Crippen molar-refractivity contribution in [3.63, 3.8) is 0 Å². The molecular formula is C3H7NO3. The summed E-state index contributed by atoms with van der Waals surface area (Å²) in [6.07, 6.45) is -1.16. The molecule has 0 aliphatic carbocycles. The number of hydroxylamine groups is 1.